The Hall–Kier alpha value is -2.33. The van der Waals surface area contributed by atoms with E-state index in [0.29, 0.717) is 27.3 Å². The normalized spacial score (nSPS) is 12.0. The van der Waals surface area contributed by atoms with Gasteiger partial charge in [-0.15, -0.1) is 10.2 Å². The van der Waals surface area contributed by atoms with E-state index >= 15 is 0 Å². The number of hydrogen-bond acceptors (Lipinski definition) is 5. The molecule has 1 atom stereocenters. The minimum atomic E-state index is -0.563. The van der Waals surface area contributed by atoms with Gasteiger partial charge < -0.3 is 15.2 Å². The molecule has 34 heavy (non-hydrogen) atoms. The van der Waals surface area contributed by atoms with Crippen LogP contribution in [0.5, 0.6) is 0 Å². The van der Waals surface area contributed by atoms with Crippen molar-refractivity contribution in [2.75, 3.05) is 11.1 Å². The molecule has 1 aromatic heterocycles. The van der Waals surface area contributed by atoms with E-state index in [1.54, 1.807) is 23.7 Å². The third-order valence-corrected chi connectivity index (χ3v) is 6.87. The van der Waals surface area contributed by atoms with Crippen molar-refractivity contribution in [1.29, 1.82) is 0 Å². The molecule has 0 saturated carbocycles. The minimum absolute atomic E-state index is 0.000930. The minimum Gasteiger partial charge on any atom is -0.342 e. The Balaban J connectivity index is 1.67. The molecule has 7 nitrogen and oxygen atoms in total. The second-order valence-electron chi connectivity index (χ2n) is 7.69. The lowest BCUT2D eigenvalue weighted by atomic mass is 10.0. The Morgan fingerprint density at radius 1 is 1.06 bits per heavy atom. The molecule has 2 N–H and O–H groups in total. The molecule has 3 rings (SSSR count). The number of rotatable bonds is 8. The fraction of sp³-hybridized carbons (Fsp3) is 0.273. The van der Waals surface area contributed by atoms with Gasteiger partial charge in [0.15, 0.2) is 11.0 Å². The number of nitrogens with one attached hydrogen (secondary N) is 2. The Kier molecular flexibility index (Phi) is 8.81. The summed E-state index contributed by atoms with van der Waals surface area (Å²) in [7, 11) is 1.76. The molecule has 0 aliphatic rings. The fourth-order valence-corrected chi connectivity index (χ4v) is 4.21. The molecule has 0 fully saturated rings. The molecule has 0 aliphatic heterocycles. The second kappa shape index (κ2) is 11.4. The number of carbonyl (C=O) groups is 2. The van der Waals surface area contributed by atoms with Gasteiger partial charge in [-0.1, -0.05) is 60.4 Å². The topological polar surface area (TPSA) is 88.9 Å². The van der Waals surface area contributed by atoms with E-state index in [0.717, 1.165) is 0 Å². The van der Waals surface area contributed by atoms with E-state index in [2.05, 4.69) is 20.8 Å². The Morgan fingerprint density at radius 2 is 1.79 bits per heavy atom. The first-order chi connectivity index (χ1) is 16.1. The lowest BCUT2D eigenvalue weighted by Crippen LogP contribution is -2.33. The summed E-state index contributed by atoms with van der Waals surface area (Å²) in [6.07, 6.45) is 0. The van der Waals surface area contributed by atoms with Gasteiger partial charge in [-0.25, -0.2) is 4.39 Å². The highest BCUT2D eigenvalue weighted by molar-refractivity contribution is 7.99. The number of nitrogens with zero attached hydrogens (tertiary/aromatic N) is 3. The van der Waals surface area contributed by atoms with Crippen LogP contribution < -0.4 is 10.6 Å². The molecule has 0 aliphatic carbocycles. The van der Waals surface area contributed by atoms with E-state index in [1.165, 1.54) is 36.0 Å². The number of thioether (sulfide) groups is 1. The van der Waals surface area contributed by atoms with Gasteiger partial charge in [0.05, 0.1) is 26.9 Å². The predicted octanol–water partition coefficient (Wildman–Crippen LogP) is 5.77. The molecule has 0 unspecified atom stereocenters. The number of halogens is 4. The largest absolute Gasteiger partial charge is 0.342 e. The van der Waals surface area contributed by atoms with Crippen molar-refractivity contribution >= 4 is 64.1 Å². The number of amides is 2. The van der Waals surface area contributed by atoms with Crippen LogP contribution in [0, 0.1) is 11.7 Å². The maximum absolute atomic E-state index is 13.3. The van der Waals surface area contributed by atoms with Gasteiger partial charge in [0.25, 0.3) is 5.91 Å². The SMILES string of the molecule is CC(C)[C@@H](NC(=O)c1ccc(Cl)c(Cl)c1)c1nnc(SCC(=O)Nc2ccc(F)c(Cl)c2)n1C. The van der Waals surface area contributed by atoms with Crippen LogP contribution in [0.1, 0.15) is 36.1 Å². The van der Waals surface area contributed by atoms with Crippen LogP contribution in [0.4, 0.5) is 10.1 Å². The zero-order valence-electron chi connectivity index (χ0n) is 18.4. The number of carbonyl (C=O) groups excluding carboxylic acids is 2. The zero-order chi connectivity index (χ0) is 25.0. The molecule has 0 bridgehead atoms. The Bertz CT molecular complexity index is 1220. The first kappa shape index (κ1) is 26.3. The van der Waals surface area contributed by atoms with Gasteiger partial charge in [-0.05, 0) is 42.3 Å². The van der Waals surface area contributed by atoms with E-state index in [1.807, 2.05) is 13.8 Å². The molecule has 2 amide bonds. The molecule has 0 spiro atoms. The van der Waals surface area contributed by atoms with Gasteiger partial charge >= 0.3 is 0 Å². The highest BCUT2D eigenvalue weighted by Crippen LogP contribution is 2.26. The van der Waals surface area contributed by atoms with Crippen LogP contribution in [-0.2, 0) is 11.8 Å². The molecule has 1 heterocycles. The van der Waals surface area contributed by atoms with Crippen LogP contribution in [0.3, 0.4) is 0 Å². The summed E-state index contributed by atoms with van der Waals surface area (Å²) in [6, 6.07) is 8.15. The molecule has 180 valence electrons. The summed E-state index contributed by atoms with van der Waals surface area (Å²) in [6.45, 7) is 3.89. The van der Waals surface area contributed by atoms with Crippen LogP contribution in [-0.4, -0.2) is 32.3 Å². The Morgan fingerprint density at radius 3 is 2.44 bits per heavy atom. The van der Waals surface area contributed by atoms with Crippen molar-refractivity contribution in [3.8, 4) is 0 Å². The third-order valence-electron chi connectivity index (χ3n) is 4.82. The highest BCUT2D eigenvalue weighted by atomic mass is 35.5. The van der Waals surface area contributed by atoms with E-state index < -0.39 is 11.9 Å². The average molecular weight is 545 g/mol. The summed E-state index contributed by atoms with van der Waals surface area (Å²) in [5.74, 6) is -0.622. The van der Waals surface area contributed by atoms with Crippen LogP contribution in [0.15, 0.2) is 41.6 Å². The van der Waals surface area contributed by atoms with Gasteiger partial charge in [0, 0.05) is 18.3 Å². The van der Waals surface area contributed by atoms with E-state index in [-0.39, 0.29) is 33.5 Å². The molecule has 2 aromatic carbocycles. The molecule has 0 saturated heterocycles. The van der Waals surface area contributed by atoms with Crippen molar-refractivity contribution < 1.29 is 14.0 Å². The molecular weight excluding hydrogens is 524 g/mol. The van der Waals surface area contributed by atoms with E-state index in [4.69, 9.17) is 34.8 Å². The smallest absolute Gasteiger partial charge is 0.251 e. The van der Waals surface area contributed by atoms with E-state index in [9.17, 15) is 14.0 Å². The lowest BCUT2D eigenvalue weighted by Gasteiger charge is -2.22. The van der Waals surface area contributed by atoms with Crippen molar-refractivity contribution in [1.82, 2.24) is 20.1 Å². The summed E-state index contributed by atoms with van der Waals surface area (Å²) < 4.78 is 15.0. The van der Waals surface area contributed by atoms with Crippen molar-refractivity contribution in [2.45, 2.75) is 25.0 Å². The number of hydrogen-bond donors (Lipinski definition) is 2. The van der Waals surface area contributed by atoms with Crippen LogP contribution in [0.2, 0.25) is 15.1 Å². The summed E-state index contributed by atoms with van der Waals surface area (Å²) in [5, 5.41) is 15.1. The van der Waals surface area contributed by atoms with Gasteiger partial charge in [0.2, 0.25) is 5.91 Å². The second-order valence-corrected chi connectivity index (χ2v) is 9.85. The maximum Gasteiger partial charge on any atom is 0.251 e. The standard InChI is InChI=1S/C22H21Cl3FN5O2S/c1-11(2)19(28-21(33)12-4-6-14(23)15(24)8-12)20-29-30-22(31(20)3)34-10-18(32)27-13-5-7-17(26)16(25)9-13/h4-9,11,19H,10H2,1-3H3,(H,27,32)(H,28,33)/t19-/m1/s1. The average Bonchev–Trinajstić information content (AvgIpc) is 3.14. The fourth-order valence-electron chi connectivity index (χ4n) is 3.02. The van der Waals surface area contributed by atoms with Crippen molar-refractivity contribution in [3.63, 3.8) is 0 Å². The summed E-state index contributed by atoms with van der Waals surface area (Å²) >= 11 is 18.9. The lowest BCUT2D eigenvalue weighted by molar-refractivity contribution is -0.113. The molecule has 0 radical (unpaired) electrons. The highest BCUT2D eigenvalue weighted by Gasteiger charge is 2.25. The van der Waals surface area contributed by atoms with Gasteiger partial charge in [-0.2, -0.15) is 0 Å². The number of benzene rings is 2. The predicted molar refractivity (Wildman–Crippen MR) is 133 cm³/mol. The molecule has 12 heteroatoms. The van der Waals surface area contributed by atoms with Crippen molar-refractivity contribution in [3.05, 3.63) is 68.7 Å². The van der Waals surface area contributed by atoms with Gasteiger partial charge in [-0.3, -0.25) is 9.59 Å². The molecule has 3 aromatic rings. The summed E-state index contributed by atoms with van der Waals surface area (Å²) in [5.41, 5.74) is 0.759. The third kappa shape index (κ3) is 6.41. The maximum atomic E-state index is 13.3. The zero-order valence-corrected chi connectivity index (χ0v) is 21.5. The monoisotopic (exact) mass is 543 g/mol. The number of aromatic nitrogens is 3. The summed E-state index contributed by atoms with van der Waals surface area (Å²) in [4.78, 5) is 25.1. The molecular formula is C22H21Cl3FN5O2S. The number of anilines is 1. The first-order valence-corrected chi connectivity index (χ1v) is 12.2. The van der Waals surface area contributed by atoms with Crippen molar-refractivity contribution in [2.24, 2.45) is 13.0 Å². The Labute approximate surface area is 215 Å². The van der Waals surface area contributed by atoms with Crippen LogP contribution in [0.25, 0.3) is 0 Å². The van der Waals surface area contributed by atoms with Gasteiger partial charge in [0.1, 0.15) is 5.82 Å². The first-order valence-electron chi connectivity index (χ1n) is 10.1. The van der Waals surface area contributed by atoms with Crippen LogP contribution >= 0.6 is 46.6 Å². The quantitative estimate of drug-likeness (QED) is 0.351.